The number of primary amides is 1. The highest BCUT2D eigenvalue weighted by atomic mass is 32.2. The molecule has 39 heavy (non-hydrogen) atoms. The first kappa shape index (κ1) is 27.9. The van der Waals surface area contributed by atoms with E-state index in [1.54, 1.807) is 66.7 Å². The number of rotatable bonds is 13. The summed E-state index contributed by atoms with van der Waals surface area (Å²) < 4.78 is 38.2. The van der Waals surface area contributed by atoms with Gasteiger partial charge in [0.2, 0.25) is 11.8 Å². The van der Waals surface area contributed by atoms with Crippen LogP contribution in [0.3, 0.4) is 0 Å². The number of amides is 1. The first-order valence-electron chi connectivity index (χ1n) is 12.4. The summed E-state index contributed by atoms with van der Waals surface area (Å²) in [5, 5.41) is 12.4. The van der Waals surface area contributed by atoms with E-state index in [4.69, 9.17) is 25.8 Å². The number of benzene rings is 3. The van der Waals surface area contributed by atoms with Gasteiger partial charge in [-0.25, -0.2) is 18.9 Å². The molecule has 10 nitrogen and oxygen atoms in total. The Labute approximate surface area is 226 Å². The fraction of sp³-hybridized carbons (Fsp3) is 0.286. The van der Waals surface area contributed by atoms with E-state index in [0.717, 1.165) is 0 Å². The van der Waals surface area contributed by atoms with Crippen molar-refractivity contribution in [3.05, 3.63) is 95.6 Å². The van der Waals surface area contributed by atoms with E-state index in [2.05, 4.69) is 10.1 Å². The number of hydrogen-bond acceptors (Lipinski definition) is 9. The fourth-order valence-corrected chi connectivity index (χ4v) is 5.81. The average molecular weight is 551 g/mol. The summed E-state index contributed by atoms with van der Waals surface area (Å²) in [6, 6.07) is 21.9. The molecule has 0 saturated heterocycles. The second-order valence-electron chi connectivity index (χ2n) is 9.05. The third-order valence-corrected chi connectivity index (χ3v) is 8.24. The minimum Gasteiger partial charge on any atom is -0.494 e. The molecule has 2 atom stereocenters. The van der Waals surface area contributed by atoms with Crippen molar-refractivity contribution in [1.29, 1.82) is 5.53 Å². The van der Waals surface area contributed by atoms with Gasteiger partial charge in [0.25, 0.3) is 0 Å². The number of aliphatic imine (C=N–C) groups is 1. The Morgan fingerprint density at radius 1 is 1.08 bits per heavy atom. The van der Waals surface area contributed by atoms with Gasteiger partial charge in [-0.2, -0.15) is 5.11 Å². The third kappa shape index (κ3) is 6.15. The van der Waals surface area contributed by atoms with Crippen molar-refractivity contribution in [2.24, 2.45) is 15.8 Å². The summed E-state index contributed by atoms with van der Waals surface area (Å²) in [5.41, 5.74) is 13.3. The van der Waals surface area contributed by atoms with E-state index in [0.29, 0.717) is 35.5 Å². The molecule has 1 heterocycles. The lowest BCUT2D eigenvalue weighted by Gasteiger charge is -2.29. The highest BCUT2D eigenvalue weighted by molar-refractivity contribution is 7.91. The predicted octanol–water partition coefficient (Wildman–Crippen LogP) is 3.58. The first-order chi connectivity index (χ1) is 18.8. The number of carbonyl (C=O) groups excluding carboxylic acids is 1. The van der Waals surface area contributed by atoms with Gasteiger partial charge in [-0.15, -0.1) is 0 Å². The van der Waals surface area contributed by atoms with Gasteiger partial charge in [-0.3, -0.25) is 4.79 Å². The molecule has 4 rings (SSSR count). The van der Waals surface area contributed by atoms with Gasteiger partial charge in [-0.05, 0) is 42.0 Å². The highest BCUT2D eigenvalue weighted by Gasteiger charge is 2.53. The second kappa shape index (κ2) is 12.2. The van der Waals surface area contributed by atoms with Gasteiger partial charge < -0.3 is 20.3 Å². The van der Waals surface area contributed by atoms with Crippen molar-refractivity contribution >= 4 is 21.6 Å². The standard InChI is InChI=1S/C28H30N4O6S/c29-27(34)28(15-18-39(35,36)23-8-2-1-3-9-23)25(24-10-5-4-7-21(24)19-31-30)38-26(32-28)20-11-13-22(14-12-20)37-17-6-16-33/h1-5,7-14,25,30,33H,6,15-19H2,(H2,29,34)/t25-,28-/m1/s1. The van der Waals surface area contributed by atoms with Crippen molar-refractivity contribution in [2.45, 2.75) is 35.9 Å². The normalized spacial score (nSPS) is 18.7. The molecule has 1 aliphatic rings. The van der Waals surface area contributed by atoms with Crippen LogP contribution < -0.4 is 10.5 Å². The van der Waals surface area contributed by atoms with Crippen LogP contribution in [0.1, 0.15) is 35.6 Å². The van der Waals surface area contributed by atoms with Crippen LogP contribution >= 0.6 is 0 Å². The molecule has 3 aromatic rings. The Morgan fingerprint density at radius 2 is 1.77 bits per heavy atom. The van der Waals surface area contributed by atoms with Gasteiger partial charge in [-0.1, -0.05) is 42.5 Å². The molecule has 0 bridgehead atoms. The highest BCUT2D eigenvalue weighted by Crippen LogP contribution is 2.44. The molecule has 1 aliphatic heterocycles. The van der Waals surface area contributed by atoms with Gasteiger partial charge in [0.1, 0.15) is 5.75 Å². The van der Waals surface area contributed by atoms with Gasteiger partial charge in [0, 0.05) is 30.6 Å². The van der Waals surface area contributed by atoms with E-state index in [9.17, 15) is 13.2 Å². The van der Waals surface area contributed by atoms with Crippen LogP contribution in [0.2, 0.25) is 0 Å². The molecule has 0 aliphatic carbocycles. The smallest absolute Gasteiger partial charge is 0.249 e. The Kier molecular flexibility index (Phi) is 8.72. The van der Waals surface area contributed by atoms with E-state index in [1.165, 1.54) is 12.1 Å². The Hall–Kier alpha value is -4.09. The number of hydrogen-bond donors (Lipinski definition) is 3. The summed E-state index contributed by atoms with van der Waals surface area (Å²) in [5.74, 6) is -0.498. The second-order valence-corrected chi connectivity index (χ2v) is 11.2. The molecule has 0 saturated carbocycles. The summed E-state index contributed by atoms with van der Waals surface area (Å²) in [6.07, 6.45) is -0.756. The molecular formula is C28H30N4O6S. The lowest BCUT2D eigenvalue weighted by molar-refractivity contribution is -0.125. The summed E-state index contributed by atoms with van der Waals surface area (Å²) in [6.45, 7) is 0.421. The van der Waals surface area contributed by atoms with Crippen LogP contribution in [0.15, 0.2) is 93.9 Å². The molecule has 0 aromatic heterocycles. The van der Waals surface area contributed by atoms with E-state index in [-0.39, 0.29) is 36.1 Å². The topological polar surface area (TPSA) is 164 Å². The third-order valence-electron chi connectivity index (χ3n) is 6.50. The molecule has 11 heteroatoms. The van der Waals surface area contributed by atoms with Gasteiger partial charge in [0.05, 0.1) is 23.8 Å². The minimum atomic E-state index is -3.76. The number of nitrogens with one attached hydrogen (secondary N) is 1. The van der Waals surface area contributed by atoms with Crippen LogP contribution in [-0.4, -0.2) is 49.8 Å². The Morgan fingerprint density at radius 3 is 2.44 bits per heavy atom. The lowest BCUT2D eigenvalue weighted by atomic mass is 9.83. The van der Waals surface area contributed by atoms with Crippen molar-refractivity contribution < 1.29 is 27.8 Å². The molecule has 0 spiro atoms. The maximum absolute atomic E-state index is 13.2. The van der Waals surface area contributed by atoms with E-state index >= 15 is 0 Å². The SMILES string of the molecule is N=NCc1ccccc1[C@H]1OC(c2ccc(OCCCO)cc2)=N[C@@]1(CCS(=O)(=O)c1ccccc1)C(N)=O. The number of nitrogens with two attached hydrogens (primary N) is 1. The molecule has 0 fully saturated rings. The largest absolute Gasteiger partial charge is 0.494 e. The first-order valence-corrected chi connectivity index (χ1v) is 14.1. The number of ether oxygens (including phenoxy) is 2. The summed E-state index contributed by atoms with van der Waals surface area (Å²) in [4.78, 5) is 17.9. The van der Waals surface area contributed by atoms with Crippen LogP contribution in [0.4, 0.5) is 0 Å². The van der Waals surface area contributed by atoms with Crippen LogP contribution in [0, 0.1) is 5.53 Å². The summed E-state index contributed by atoms with van der Waals surface area (Å²) in [7, 11) is -3.76. The maximum atomic E-state index is 13.2. The molecule has 1 amide bonds. The molecule has 0 radical (unpaired) electrons. The number of sulfone groups is 1. The van der Waals surface area contributed by atoms with E-state index < -0.39 is 27.4 Å². The lowest BCUT2D eigenvalue weighted by Crippen LogP contribution is -2.47. The fourth-order valence-electron chi connectivity index (χ4n) is 4.43. The molecule has 4 N–H and O–H groups in total. The van der Waals surface area contributed by atoms with Gasteiger partial charge >= 0.3 is 0 Å². The molecular weight excluding hydrogens is 520 g/mol. The number of nitrogens with zero attached hydrogens (tertiary/aromatic N) is 2. The zero-order valence-corrected chi connectivity index (χ0v) is 22.0. The van der Waals surface area contributed by atoms with Gasteiger partial charge in [0.15, 0.2) is 21.5 Å². The number of aliphatic hydroxyl groups is 1. The summed E-state index contributed by atoms with van der Waals surface area (Å²) >= 11 is 0. The zero-order valence-electron chi connectivity index (χ0n) is 21.2. The van der Waals surface area contributed by atoms with Crippen LogP contribution in [0.25, 0.3) is 0 Å². The van der Waals surface area contributed by atoms with Crippen molar-refractivity contribution in [1.82, 2.24) is 0 Å². The van der Waals surface area contributed by atoms with E-state index in [1.807, 2.05) is 0 Å². The Balaban J connectivity index is 1.74. The maximum Gasteiger partial charge on any atom is 0.249 e. The minimum absolute atomic E-state index is 0.0221. The van der Waals surface area contributed by atoms with Crippen molar-refractivity contribution in [3.8, 4) is 5.75 Å². The van der Waals surface area contributed by atoms with Crippen molar-refractivity contribution in [2.75, 3.05) is 19.0 Å². The predicted molar refractivity (Wildman–Crippen MR) is 144 cm³/mol. The quantitative estimate of drug-likeness (QED) is 0.217. The molecule has 3 aromatic carbocycles. The zero-order chi connectivity index (χ0) is 27.9. The Bertz CT molecular complexity index is 1440. The van der Waals surface area contributed by atoms with Crippen molar-refractivity contribution in [3.63, 3.8) is 0 Å². The average Bonchev–Trinajstić information content (AvgIpc) is 3.34. The number of aliphatic hydroxyl groups excluding tert-OH is 1. The number of carbonyl (C=O) groups is 1. The molecule has 204 valence electrons. The van der Waals surface area contributed by atoms with Crippen LogP contribution in [-0.2, 0) is 25.9 Å². The van der Waals surface area contributed by atoms with Crippen LogP contribution in [0.5, 0.6) is 5.75 Å². The molecule has 0 unspecified atom stereocenters. The monoisotopic (exact) mass is 550 g/mol.